The van der Waals surface area contributed by atoms with Crippen molar-refractivity contribution in [2.45, 2.75) is 40.2 Å². The SMILES string of the molecule is CCOC(Cc1ccc(OCCN(CC(C)C)C(=O)Oc2cccc(C)c2)cc1)C(=O)O. The van der Waals surface area contributed by atoms with Gasteiger partial charge in [-0.25, -0.2) is 9.59 Å². The Morgan fingerprint density at radius 3 is 2.38 bits per heavy atom. The zero-order valence-electron chi connectivity index (χ0n) is 19.2. The van der Waals surface area contributed by atoms with Gasteiger partial charge < -0.3 is 24.2 Å². The molecule has 0 spiro atoms. The Bertz CT molecular complexity index is 865. The van der Waals surface area contributed by atoms with Crippen molar-refractivity contribution in [1.82, 2.24) is 4.90 Å². The number of benzene rings is 2. The lowest BCUT2D eigenvalue weighted by Gasteiger charge is -2.24. The van der Waals surface area contributed by atoms with Crippen LogP contribution < -0.4 is 9.47 Å². The monoisotopic (exact) mass is 443 g/mol. The molecule has 0 bridgehead atoms. The maximum atomic E-state index is 12.6. The molecule has 174 valence electrons. The van der Waals surface area contributed by atoms with Crippen LogP contribution >= 0.6 is 0 Å². The molecule has 0 radical (unpaired) electrons. The quantitative estimate of drug-likeness (QED) is 0.518. The molecule has 0 saturated carbocycles. The van der Waals surface area contributed by atoms with Crippen LogP contribution in [0.5, 0.6) is 11.5 Å². The van der Waals surface area contributed by atoms with Crippen molar-refractivity contribution in [2.75, 3.05) is 26.3 Å². The van der Waals surface area contributed by atoms with E-state index in [9.17, 15) is 14.7 Å². The molecule has 1 N–H and O–H groups in total. The molecular formula is C25H33NO6. The fourth-order valence-corrected chi connectivity index (χ4v) is 3.17. The summed E-state index contributed by atoms with van der Waals surface area (Å²) in [7, 11) is 0. The lowest BCUT2D eigenvalue weighted by atomic mass is 10.1. The highest BCUT2D eigenvalue weighted by Crippen LogP contribution is 2.16. The molecule has 1 amide bonds. The number of carboxylic acids is 1. The number of carboxylic acid groups (broad SMARTS) is 1. The topological polar surface area (TPSA) is 85.3 Å². The molecule has 0 aliphatic rings. The molecule has 0 heterocycles. The average molecular weight is 444 g/mol. The third-order valence-corrected chi connectivity index (χ3v) is 4.66. The number of carbonyl (C=O) groups excluding carboxylic acids is 1. The number of hydrogen-bond acceptors (Lipinski definition) is 5. The second-order valence-corrected chi connectivity index (χ2v) is 8.00. The minimum atomic E-state index is -0.977. The van der Waals surface area contributed by atoms with E-state index in [-0.39, 0.29) is 12.3 Å². The highest BCUT2D eigenvalue weighted by atomic mass is 16.6. The fourth-order valence-electron chi connectivity index (χ4n) is 3.17. The van der Waals surface area contributed by atoms with E-state index in [2.05, 4.69) is 0 Å². The van der Waals surface area contributed by atoms with Crippen LogP contribution in [0.4, 0.5) is 4.79 Å². The normalized spacial score (nSPS) is 11.8. The van der Waals surface area contributed by atoms with E-state index < -0.39 is 18.2 Å². The van der Waals surface area contributed by atoms with Crippen LogP contribution in [0.25, 0.3) is 0 Å². The summed E-state index contributed by atoms with van der Waals surface area (Å²) in [5, 5.41) is 9.21. The molecule has 2 rings (SSSR count). The van der Waals surface area contributed by atoms with Crippen LogP contribution in [0.1, 0.15) is 31.9 Å². The van der Waals surface area contributed by atoms with Crippen LogP contribution in [0.15, 0.2) is 48.5 Å². The van der Waals surface area contributed by atoms with Crippen molar-refractivity contribution >= 4 is 12.1 Å². The standard InChI is InChI=1S/C25H33NO6/c1-5-30-23(24(27)28)16-20-9-11-21(12-10-20)31-14-13-26(17-18(2)3)25(29)32-22-8-6-7-19(4)15-22/h6-12,15,18,23H,5,13-14,16-17H2,1-4H3,(H,27,28). The van der Waals surface area contributed by atoms with Gasteiger partial charge in [0.1, 0.15) is 18.1 Å². The average Bonchev–Trinajstić information content (AvgIpc) is 2.73. The van der Waals surface area contributed by atoms with Crippen molar-refractivity contribution in [3.8, 4) is 11.5 Å². The van der Waals surface area contributed by atoms with Gasteiger partial charge >= 0.3 is 12.1 Å². The highest BCUT2D eigenvalue weighted by Gasteiger charge is 2.19. The first-order valence-electron chi connectivity index (χ1n) is 10.9. The summed E-state index contributed by atoms with van der Waals surface area (Å²) < 4.78 is 16.6. The van der Waals surface area contributed by atoms with Gasteiger partial charge in [-0.15, -0.1) is 0 Å². The largest absolute Gasteiger partial charge is 0.492 e. The molecule has 7 heteroatoms. The van der Waals surface area contributed by atoms with Crippen molar-refractivity contribution in [1.29, 1.82) is 0 Å². The molecule has 1 unspecified atom stereocenters. The molecule has 1 atom stereocenters. The Hall–Kier alpha value is -3.06. The molecule has 2 aromatic rings. The number of aliphatic carboxylic acids is 1. The summed E-state index contributed by atoms with van der Waals surface area (Å²) in [6, 6.07) is 14.6. The molecule has 7 nitrogen and oxygen atoms in total. The summed E-state index contributed by atoms with van der Waals surface area (Å²) in [5.41, 5.74) is 1.87. The first-order chi connectivity index (χ1) is 15.3. The van der Waals surface area contributed by atoms with Crippen LogP contribution in [0.2, 0.25) is 0 Å². The maximum Gasteiger partial charge on any atom is 0.415 e. The van der Waals surface area contributed by atoms with E-state index in [1.54, 1.807) is 30.0 Å². The van der Waals surface area contributed by atoms with Crippen LogP contribution in [0, 0.1) is 12.8 Å². The zero-order chi connectivity index (χ0) is 23.5. The Kier molecular flexibility index (Phi) is 10.0. The van der Waals surface area contributed by atoms with Crippen molar-refractivity contribution in [3.05, 3.63) is 59.7 Å². The summed E-state index contributed by atoms with van der Waals surface area (Å²) >= 11 is 0. The fraction of sp³-hybridized carbons (Fsp3) is 0.440. The Morgan fingerprint density at radius 1 is 1.06 bits per heavy atom. The number of rotatable bonds is 12. The number of hydrogen-bond donors (Lipinski definition) is 1. The molecule has 0 fully saturated rings. The molecule has 0 aliphatic heterocycles. The van der Waals surface area contributed by atoms with Gasteiger partial charge in [-0.2, -0.15) is 0 Å². The van der Waals surface area contributed by atoms with Gasteiger partial charge in [0.25, 0.3) is 0 Å². The number of carbonyl (C=O) groups is 2. The smallest absolute Gasteiger partial charge is 0.415 e. The Morgan fingerprint density at radius 2 is 1.78 bits per heavy atom. The van der Waals surface area contributed by atoms with Crippen LogP contribution in [-0.2, 0) is 16.0 Å². The molecule has 32 heavy (non-hydrogen) atoms. The minimum Gasteiger partial charge on any atom is -0.492 e. The minimum absolute atomic E-state index is 0.284. The van der Waals surface area contributed by atoms with E-state index in [1.807, 2.05) is 51.1 Å². The van der Waals surface area contributed by atoms with Gasteiger partial charge in [-0.1, -0.05) is 38.1 Å². The van der Waals surface area contributed by atoms with Gasteiger partial charge in [-0.3, -0.25) is 0 Å². The maximum absolute atomic E-state index is 12.6. The van der Waals surface area contributed by atoms with Gasteiger partial charge in [0.2, 0.25) is 0 Å². The van der Waals surface area contributed by atoms with Crippen LogP contribution in [0.3, 0.4) is 0 Å². The van der Waals surface area contributed by atoms with Gasteiger partial charge in [0, 0.05) is 19.6 Å². The molecule has 2 aromatic carbocycles. The number of amides is 1. The highest BCUT2D eigenvalue weighted by molar-refractivity contribution is 5.72. The van der Waals surface area contributed by atoms with Crippen molar-refractivity contribution in [3.63, 3.8) is 0 Å². The third kappa shape index (κ3) is 8.59. The van der Waals surface area contributed by atoms with Gasteiger partial charge in [-0.05, 0) is 55.2 Å². The number of nitrogens with zero attached hydrogens (tertiary/aromatic N) is 1. The molecule has 0 saturated heterocycles. The molecule has 0 aliphatic carbocycles. The van der Waals surface area contributed by atoms with Crippen LogP contribution in [-0.4, -0.2) is 54.5 Å². The second kappa shape index (κ2) is 12.7. The van der Waals surface area contributed by atoms with Gasteiger partial charge in [0.05, 0.1) is 6.54 Å². The van der Waals surface area contributed by atoms with E-state index >= 15 is 0 Å². The zero-order valence-corrected chi connectivity index (χ0v) is 19.2. The summed E-state index contributed by atoms with van der Waals surface area (Å²) in [4.78, 5) is 25.5. The molecular weight excluding hydrogens is 410 g/mol. The lowest BCUT2D eigenvalue weighted by Crippen LogP contribution is -2.39. The third-order valence-electron chi connectivity index (χ3n) is 4.66. The number of aryl methyl sites for hydroxylation is 1. The van der Waals surface area contributed by atoms with E-state index in [1.165, 1.54) is 0 Å². The van der Waals surface area contributed by atoms with Crippen molar-refractivity contribution in [2.24, 2.45) is 5.92 Å². The van der Waals surface area contributed by atoms with Crippen molar-refractivity contribution < 1.29 is 28.9 Å². The molecule has 0 aromatic heterocycles. The Balaban J connectivity index is 1.90. The Labute approximate surface area is 189 Å². The summed E-state index contributed by atoms with van der Waals surface area (Å²) in [6.45, 7) is 9.39. The second-order valence-electron chi connectivity index (χ2n) is 8.00. The summed E-state index contributed by atoms with van der Waals surface area (Å²) in [5.74, 6) is 0.474. The van der Waals surface area contributed by atoms with E-state index in [4.69, 9.17) is 14.2 Å². The first kappa shape index (κ1) is 25.2. The lowest BCUT2D eigenvalue weighted by molar-refractivity contribution is -0.149. The predicted octanol–water partition coefficient (Wildman–Crippen LogP) is 4.56. The first-order valence-corrected chi connectivity index (χ1v) is 10.9. The number of ether oxygens (including phenoxy) is 3. The van der Waals surface area contributed by atoms with E-state index in [0.29, 0.717) is 37.8 Å². The van der Waals surface area contributed by atoms with Gasteiger partial charge in [0.15, 0.2) is 6.10 Å². The predicted molar refractivity (Wildman–Crippen MR) is 122 cm³/mol. The van der Waals surface area contributed by atoms with E-state index in [0.717, 1.165) is 11.1 Å². The summed E-state index contributed by atoms with van der Waals surface area (Å²) in [6.07, 6.45) is -0.981.